The van der Waals surface area contributed by atoms with Crippen LogP contribution in [0.3, 0.4) is 0 Å². The summed E-state index contributed by atoms with van der Waals surface area (Å²) in [4.78, 5) is 13.8. The van der Waals surface area contributed by atoms with Gasteiger partial charge in [-0.25, -0.2) is 13.6 Å². The number of amides is 2. The van der Waals surface area contributed by atoms with E-state index in [1.54, 1.807) is 6.07 Å². The largest absolute Gasteiger partial charge is 0.396 e. The number of carbonyl (C=O) groups is 1. The van der Waals surface area contributed by atoms with Gasteiger partial charge in [0.15, 0.2) is 11.6 Å². The summed E-state index contributed by atoms with van der Waals surface area (Å²) in [6, 6.07) is 3.54. The number of carbonyl (C=O) groups excluding carboxylic acids is 1. The molecule has 1 heterocycles. The molecule has 0 aromatic heterocycles. The molecule has 1 aliphatic heterocycles. The SMILES string of the molecule is CC(CO)C(C)NC(=O)NCC1CCN(c2ccc(F)c(F)c2)C1. The summed E-state index contributed by atoms with van der Waals surface area (Å²) in [7, 11) is 0. The molecule has 0 radical (unpaired) electrons. The normalized spacial score (nSPS) is 19.9. The van der Waals surface area contributed by atoms with Gasteiger partial charge < -0.3 is 20.6 Å². The van der Waals surface area contributed by atoms with Gasteiger partial charge in [0.1, 0.15) is 0 Å². The fourth-order valence-electron chi connectivity index (χ4n) is 2.71. The van der Waals surface area contributed by atoms with Crippen LogP contribution < -0.4 is 15.5 Å². The van der Waals surface area contributed by atoms with Crippen LogP contribution in [-0.2, 0) is 0 Å². The van der Waals surface area contributed by atoms with Crippen LogP contribution >= 0.6 is 0 Å². The van der Waals surface area contributed by atoms with Gasteiger partial charge in [-0.2, -0.15) is 0 Å². The van der Waals surface area contributed by atoms with Crippen molar-refractivity contribution in [2.24, 2.45) is 11.8 Å². The van der Waals surface area contributed by atoms with Gasteiger partial charge in [0.05, 0.1) is 0 Å². The van der Waals surface area contributed by atoms with E-state index in [1.807, 2.05) is 18.7 Å². The fraction of sp³-hybridized carbons (Fsp3) is 0.588. The molecule has 0 saturated carbocycles. The first-order valence-electron chi connectivity index (χ1n) is 8.26. The zero-order chi connectivity index (χ0) is 17.7. The number of nitrogens with one attached hydrogen (secondary N) is 2. The molecule has 3 unspecified atom stereocenters. The molecule has 1 aromatic rings. The molecule has 0 aliphatic carbocycles. The van der Waals surface area contributed by atoms with E-state index >= 15 is 0 Å². The van der Waals surface area contributed by atoms with Crippen molar-refractivity contribution in [1.82, 2.24) is 10.6 Å². The molecule has 0 bridgehead atoms. The molecule has 5 nitrogen and oxygen atoms in total. The van der Waals surface area contributed by atoms with E-state index in [-0.39, 0.29) is 30.5 Å². The molecule has 1 aromatic carbocycles. The lowest BCUT2D eigenvalue weighted by Gasteiger charge is -2.21. The molecule has 24 heavy (non-hydrogen) atoms. The van der Waals surface area contributed by atoms with E-state index in [0.29, 0.717) is 18.8 Å². The maximum atomic E-state index is 13.3. The molecular formula is C17H25F2N3O2. The second kappa shape index (κ2) is 8.28. The highest BCUT2D eigenvalue weighted by Gasteiger charge is 2.24. The van der Waals surface area contributed by atoms with Crippen LogP contribution in [0.25, 0.3) is 0 Å². The number of aliphatic hydroxyl groups is 1. The van der Waals surface area contributed by atoms with Crippen LogP contribution in [-0.4, -0.2) is 43.4 Å². The monoisotopic (exact) mass is 341 g/mol. The molecule has 1 aliphatic rings. The summed E-state index contributed by atoms with van der Waals surface area (Å²) in [6.45, 7) is 5.69. The van der Waals surface area contributed by atoms with E-state index < -0.39 is 11.6 Å². The first kappa shape index (κ1) is 18.4. The minimum atomic E-state index is -0.848. The van der Waals surface area contributed by atoms with Crippen molar-refractivity contribution in [2.45, 2.75) is 26.3 Å². The van der Waals surface area contributed by atoms with Crippen molar-refractivity contribution in [2.75, 3.05) is 31.1 Å². The van der Waals surface area contributed by atoms with E-state index in [9.17, 15) is 13.6 Å². The Morgan fingerprint density at radius 1 is 1.38 bits per heavy atom. The van der Waals surface area contributed by atoms with Gasteiger partial charge in [0.2, 0.25) is 0 Å². The quantitative estimate of drug-likeness (QED) is 0.742. The van der Waals surface area contributed by atoms with Gasteiger partial charge in [-0.1, -0.05) is 6.92 Å². The smallest absolute Gasteiger partial charge is 0.315 e. The lowest BCUT2D eigenvalue weighted by Crippen LogP contribution is -2.45. The minimum absolute atomic E-state index is 0.00825. The molecule has 3 atom stereocenters. The Balaban J connectivity index is 1.77. The average molecular weight is 341 g/mol. The number of halogens is 2. The Morgan fingerprint density at radius 2 is 2.12 bits per heavy atom. The molecule has 2 amide bonds. The number of anilines is 1. The molecule has 1 fully saturated rings. The average Bonchev–Trinajstić information content (AvgIpc) is 3.03. The van der Waals surface area contributed by atoms with Crippen molar-refractivity contribution in [3.05, 3.63) is 29.8 Å². The Morgan fingerprint density at radius 3 is 2.79 bits per heavy atom. The van der Waals surface area contributed by atoms with Crippen LogP contribution in [0.5, 0.6) is 0 Å². The standard InChI is InChI=1S/C17H25F2N3O2/c1-11(10-23)12(2)21-17(24)20-8-13-5-6-22(9-13)14-3-4-15(18)16(19)7-14/h3-4,7,11-13,23H,5-6,8-10H2,1-2H3,(H2,20,21,24). The number of urea groups is 1. The number of hydrogen-bond donors (Lipinski definition) is 3. The summed E-state index contributed by atoms with van der Waals surface area (Å²) in [5.74, 6) is -1.44. The van der Waals surface area contributed by atoms with Crippen LogP contribution in [0.2, 0.25) is 0 Å². The Labute approximate surface area is 141 Å². The van der Waals surface area contributed by atoms with Gasteiger partial charge in [-0.15, -0.1) is 0 Å². The second-order valence-corrected chi connectivity index (χ2v) is 6.50. The first-order chi connectivity index (χ1) is 11.4. The van der Waals surface area contributed by atoms with E-state index in [0.717, 1.165) is 19.0 Å². The van der Waals surface area contributed by atoms with E-state index in [2.05, 4.69) is 10.6 Å². The highest BCUT2D eigenvalue weighted by atomic mass is 19.2. The number of rotatable bonds is 6. The third kappa shape index (κ3) is 4.80. The van der Waals surface area contributed by atoms with E-state index in [4.69, 9.17) is 5.11 Å². The second-order valence-electron chi connectivity index (χ2n) is 6.50. The van der Waals surface area contributed by atoms with Crippen LogP contribution in [0.15, 0.2) is 18.2 Å². The predicted molar refractivity (Wildman–Crippen MR) is 88.9 cm³/mol. The predicted octanol–water partition coefficient (Wildman–Crippen LogP) is 2.11. The molecule has 3 N–H and O–H groups in total. The lowest BCUT2D eigenvalue weighted by molar-refractivity contribution is 0.200. The highest BCUT2D eigenvalue weighted by Crippen LogP contribution is 2.24. The summed E-state index contributed by atoms with van der Waals surface area (Å²) in [6.07, 6.45) is 0.877. The fourth-order valence-corrected chi connectivity index (χ4v) is 2.71. The van der Waals surface area contributed by atoms with Crippen LogP contribution in [0.4, 0.5) is 19.3 Å². The topological polar surface area (TPSA) is 64.6 Å². The Hall–Kier alpha value is -1.89. The maximum Gasteiger partial charge on any atom is 0.315 e. The Bertz CT molecular complexity index is 571. The van der Waals surface area contributed by atoms with E-state index in [1.165, 1.54) is 6.07 Å². The number of hydrogen-bond acceptors (Lipinski definition) is 3. The number of aliphatic hydroxyl groups excluding tert-OH is 1. The van der Waals surface area contributed by atoms with Gasteiger partial charge in [0.25, 0.3) is 0 Å². The van der Waals surface area contributed by atoms with Crippen molar-refractivity contribution in [3.63, 3.8) is 0 Å². The molecule has 0 spiro atoms. The van der Waals surface area contributed by atoms with Gasteiger partial charge >= 0.3 is 6.03 Å². The number of benzene rings is 1. The third-order valence-electron chi connectivity index (χ3n) is 4.61. The van der Waals surface area contributed by atoms with Crippen LogP contribution in [0, 0.1) is 23.5 Å². The summed E-state index contributed by atoms with van der Waals surface area (Å²) in [5, 5.41) is 14.7. The molecule has 1 saturated heterocycles. The highest BCUT2D eigenvalue weighted by molar-refractivity contribution is 5.74. The van der Waals surface area contributed by atoms with Crippen molar-refractivity contribution < 1.29 is 18.7 Å². The zero-order valence-electron chi connectivity index (χ0n) is 14.1. The lowest BCUT2D eigenvalue weighted by atomic mass is 10.1. The summed E-state index contributed by atoms with van der Waals surface area (Å²) >= 11 is 0. The number of nitrogens with zero attached hydrogens (tertiary/aromatic N) is 1. The third-order valence-corrected chi connectivity index (χ3v) is 4.61. The molecule has 2 rings (SSSR count). The van der Waals surface area contributed by atoms with Gasteiger partial charge in [-0.3, -0.25) is 0 Å². The van der Waals surface area contributed by atoms with Gasteiger partial charge in [-0.05, 0) is 37.3 Å². The molecular weight excluding hydrogens is 316 g/mol. The van der Waals surface area contributed by atoms with Gasteiger partial charge in [0, 0.05) is 44.0 Å². The summed E-state index contributed by atoms with van der Waals surface area (Å²) < 4.78 is 26.3. The first-order valence-corrected chi connectivity index (χ1v) is 8.26. The van der Waals surface area contributed by atoms with Crippen molar-refractivity contribution >= 4 is 11.7 Å². The van der Waals surface area contributed by atoms with Crippen molar-refractivity contribution in [1.29, 1.82) is 0 Å². The maximum absolute atomic E-state index is 13.3. The Kier molecular flexibility index (Phi) is 6.36. The van der Waals surface area contributed by atoms with Crippen LogP contribution in [0.1, 0.15) is 20.3 Å². The summed E-state index contributed by atoms with van der Waals surface area (Å²) in [5.41, 5.74) is 0.659. The zero-order valence-corrected chi connectivity index (χ0v) is 14.1. The van der Waals surface area contributed by atoms with Crippen molar-refractivity contribution in [3.8, 4) is 0 Å². The molecule has 7 heteroatoms. The molecule has 134 valence electrons. The minimum Gasteiger partial charge on any atom is -0.396 e.